The molecule has 0 saturated carbocycles. The zero-order valence-corrected chi connectivity index (χ0v) is 34.8. The van der Waals surface area contributed by atoms with Crippen molar-refractivity contribution in [1.29, 1.82) is 0 Å². The monoisotopic (exact) mass is 854 g/mol. The minimum absolute atomic E-state index is 0.250. The summed E-state index contributed by atoms with van der Waals surface area (Å²) in [5.41, 5.74) is 18.5. The average molecular weight is 856 g/mol. The number of esters is 2. The summed E-state index contributed by atoms with van der Waals surface area (Å²) in [5.74, 6) is -1.70. The molecule has 7 aromatic rings. The molecule has 9 N–H and O–H groups in total. The van der Waals surface area contributed by atoms with Crippen LogP contribution >= 0.6 is 21.4 Å². The number of H-pyrrole nitrogens is 3. The molecule has 0 aliphatic heterocycles. The third-order valence-electron chi connectivity index (χ3n) is 8.30. The number of halogens is 2. The number of carbonyl (C=O) groups is 3. The van der Waals surface area contributed by atoms with Gasteiger partial charge in [-0.25, -0.2) is 14.0 Å². The first-order valence-corrected chi connectivity index (χ1v) is 21.0. The zero-order chi connectivity index (χ0) is 42.8. The molecule has 58 heavy (non-hydrogen) atoms. The minimum Gasteiger partial charge on any atom is -0.480 e. The van der Waals surface area contributed by atoms with Crippen LogP contribution in [0, 0.1) is 6.92 Å². The van der Waals surface area contributed by atoms with Gasteiger partial charge in [-0.05, 0) is 63.1 Å². The molecule has 0 unspecified atom stereocenters. The molecule has 0 amide bonds. The molecule has 0 aliphatic carbocycles. The number of nitrogens with two attached hydrogens (primary N) is 2. The van der Waals surface area contributed by atoms with Gasteiger partial charge in [0.2, 0.25) is 9.23 Å². The lowest BCUT2D eigenvalue weighted by Crippen LogP contribution is -2.34. The number of benzene rings is 3. The first kappa shape index (κ1) is 47.1. The lowest BCUT2D eigenvalue weighted by atomic mass is 10.1. The smallest absolute Gasteiger partial charge is 0.356 e. The van der Waals surface area contributed by atoms with Crippen LogP contribution < -0.4 is 11.5 Å². The number of aryl methyl sites for hydroxylation is 1. The predicted octanol–water partition coefficient (Wildman–Crippen LogP) is 6.97. The Morgan fingerprint density at radius 2 is 1.21 bits per heavy atom. The summed E-state index contributed by atoms with van der Waals surface area (Å²) in [4.78, 5) is 47.8. The van der Waals surface area contributed by atoms with E-state index in [1.54, 1.807) is 26.8 Å². The summed E-state index contributed by atoms with van der Waals surface area (Å²) in [7, 11) is 7.36. The summed E-state index contributed by atoms with van der Waals surface area (Å²) in [6.45, 7) is 8.09. The van der Waals surface area contributed by atoms with Crippen LogP contribution in [0.1, 0.15) is 48.1 Å². The topological polar surface area (TPSA) is 239 Å². The number of aliphatic hydroxyl groups excluding tert-OH is 1. The fraction of sp³-hybridized carbons (Fsp3) is 0.268. The Morgan fingerprint density at radius 1 is 0.759 bits per heavy atom. The van der Waals surface area contributed by atoms with Gasteiger partial charge in [0.15, 0.2) is 0 Å². The maximum atomic E-state index is 11.8. The molecule has 4 heterocycles. The molecule has 0 fully saturated rings. The van der Waals surface area contributed by atoms with Crippen molar-refractivity contribution in [1.82, 2.24) is 19.9 Å². The number of aliphatic carboxylic acids is 1. The van der Waals surface area contributed by atoms with Gasteiger partial charge in [-0.2, -0.15) is 0 Å². The van der Waals surface area contributed by atoms with Crippen LogP contribution in [0.5, 0.6) is 0 Å². The van der Waals surface area contributed by atoms with E-state index in [1.165, 1.54) is 0 Å². The van der Waals surface area contributed by atoms with Crippen LogP contribution in [0.15, 0.2) is 91.3 Å². The molecule has 3 aromatic carbocycles. The van der Waals surface area contributed by atoms with E-state index in [4.69, 9.17) is 35.4 Å². The molecule has 4 aromatic heterocycles. The van der Waals surface area contributed by atoms with Gasteiger partial charge in [-0.15, -0.1) is 0 Å². The number of nitrogens with one attached hydrogen (secondary N) is 3. The maximum absolute atomic E-state index is 11.8. The number of aromatic amines is 3. The van der Waals surface area contributed by atoms with E-state index in [9.17, 15) is 14.4 Å². The van der Waals surface area contributed by atoms with Crippen molar-refractivity contribution in [2.45, 2.75) is 52.6 Å². The van der Waals surface area contributed by atoms with Crippen molar-refractivity contribution in [3.05, 3.63) is 114 Å². The number of carboxylic acids is 1. The molecule has 14 nitrogen and oxygen atoms in total. The lowest BCUT2D eigenvalue weighted by molar-refractivity contribution is -0.144. The summed E-state index contributed by atoms with van der Waals surface area (Å²) >= 11 is 0. The number of ether oxygens (including phenoxy) is 2. The van der Waals surface area contributed by atoms with Gasteiger partial charge in [0.05, 0.1) is 24.4 Å². The standard InChI is InChI=1S/C15H14N2O2.C13H16N2O2.C11H12N2O2.C2H6O.Cl2OS/c1-3-19-15(18)13-8-11-10-6-4-5-7-12(10)17-14(11)9(2)16-13;1-2-17-13(16)11(14)7-9-8-15-12-6-4-3-5-10(9)12;12-9(11(14)15)5-7-6-13-10-4-2-1-3-8(7)10;1-2-3;1-4(2)3/h4-8,17H,3H2,1-2H3;3-6,8,11,15H,2,7,14H2,1H3;1-4,6,9,13H,5,12H2,(H,14,15);3H,2H2,1H3;/t;11-;9-;;/m.00../s1. The normalized spacial score (nSPS) is 11.6. The second kappa shape index (κ2) is 23.8. The fourth-order valence-corrected chi connectivity index (χ4v) is 5.81. The van der Waals surface area contributed by atoms with Crippen molar-refractivity contribution in [3.63, 3.8) is 0 Å². The highest BCUT2D eigenvalue weighted by molar-refractivity contribution is 8.26. The number of pyridine rings is 1. The minimum atomic E-state index is -1.67. The van der Waals surface area contributed by atoms with Crippen LogP contribution in [0.4, 0.5) is 0 Å². The second-order valence-corrected chi connectivity index (χ2v) is 14.9. The van der Waals surface area contributed by atoms with Gasteiger partial charge in [-0.1, -0.05) is 54.6 Å². The Hall–Kier alpha value is -5.29. The number of rotatable bonds is 9. The van der Waals surface area contributed by atoms with Gasteiger partial charge < -0.3 is 46.1 Å². The SMILES string of the molecule is CCO.CCOC(=O)[C@@H](N)Cc1c[nH]c2ccccc12.CCOC(=O)c1cc2c([nH]c3ccccc32)c(C)n1.N[C@@H](Cc1c[nH]c2ccccc12)C(=O)O.O=S(Cl)Cl. The predicted molar refractivity (Wildman–Crippen MR) is 231 cm³/mol. The van der Waals surface area contributed by atoms with Crippen molar-refractivity contribution < 1.29 is 38.3 Å². The average Bonchev–Trinajstić information content (AvgIpc) is 3.91. The number of carbonyl (C=O) groups excluding carboxylic acids is 2. The van der Waals surface area contributed by atoms with Crippen molar-refractivity contribution in [2.75, 3.05) is 19.8 Å². The van der Waals surface area contributed by atoms with Crippen LogP contribution in [0.25, 0.3) is 43.6 Å². The van der Waals surface area contributed by atoms with E-state index in [1.807, 2.05) is 92.1 Å². The Kier molecular flexibility index (Phi) is 19.3. The highest BCUT2D eigenvalue weighted by Gasteiger charge is 2.18. The first-order valence-electron chi connectivity index (χ1n) is 18.2. The number of fused-ring (bicyclic) bond motifs is 5. The van der Waals surface area contributed by atoms with Crippen molar-refractivity contribution in [3.8, 4) is 0 Å². The summed E-state index contributed by atoms with van der Waals surface area (Å²) in [6, 6.07) is 24.0. The summed E-state index contributed by atoms with van der Waals surface area (Å²) < 4.78 is 19.0. The molecule has 2 atom stereocenters. The molecule has 0 saturated heterocycles. The number of aromatic nitrogens is 4. The Morgan fingerprint density at radius 3 is 1.69 bits per heavy atom. The van der Waals surface area contributed by atoms with Gasteiger partial charge in [0.25, 0.3) is 0 Å². The number of hydrogen-bond donors (Lipinski definition) is 7. The first-order chi connectivity index (χ1) is 27.8. The number of para-hydroxylation sites is 3. The van der Waals surface area contributed by atoms with Gasteiger partial charge in [0, 0.05) is 91.3 Å². The van der Waals surface area contributed by atoms with E-state index in [0.717, 1.165) is 60.4 Å². The zero-order valence-electron chi connectivity index (χ0n) is 32.5. The molecule has 0 radical (unpaired) electrons. The second-order valence-electron chi connectivity index (χ2n) is 12.3. The molecule has 17 heteroatoms. The third-order valence-corrected chi connectivity index (χ3v) is 8.30. The van der Waals surface area contributed by atoms with Crippen molar-refractivity contribution >= 4 is 92.1 Å². The lowest BCUT2D eigenvalue weighted by Gasteiger charge is -2.09. The largest absolute Gasteiger partial charge is 0.480 e. The van der Waals surface area contributed by atoms with Crippen LogP contribution in [-0.2, 0) is 41.1 Å². The Bertz CT molecular complexity index is 2430. The number of nitrogens with zero attached hydrogens (tertiary/aromatic N) is 1. The molecule has 0 bridgehead atoms. The molecule has 0 spiro atoms. The van der Waals surface area contributed by atoms with Crippen LogP contribution in [-0.4, -0.2) is 84.2 Å². The van der Waals surface area contributed by atoms with E-state index in [-0.39, 0.29) is 18.5 Å². The quantitative estimate of drug-likeness (QED) is 0.0578. The molecular weight excluding hydrogens is 807 g/mol. The fourth-order valence-electron chi connectivity index (χ4n) is 5.81. The van der Waals surface area contributed by atoms with Gasteiger partial charge in [-0.3, -0.25) is 9.59 Å². The van der Waals surface area contributed by atoms with Gasteiger partial charge >= 0.3 is 17.9 Å². The molecular formula is C41H48Cl2N6O8S. The van der Waals surface area contributed by atoms with Gasteiger partial charge in [0.1, 0.15) is 17.8 Å². The number of carboxylic acid groups (broad SMARTS) is 1. The highest BCUT2D eigenvalue weighted by Crippen LogP contribution is 2.27. The van der Waals surface area contributed by atoms with E-state index >= 15 is 0 Å². The molecule has 310 valence electrons. The Labute approximate surface area is 346 Å². The van der Waals surface area contributed by atoms with Crippen LogP contribution in [0.3, 0.4) is 0 Å². The summed E-state index contributed by atoms with van der Waals surface area (Å²) in [6.07, 6.45) is 4.54. The highest BCUT2D eigenvalue weighted by atomic mass is 36.0. The van der Waals surface area contributed by atoms with E-state index in [0.29, 0.717) is 31.7 Å². The molecule has 7 rings (SSSR count). The third kappa shape index (κ3) is 13.7. The molecule has 0 aliphatic rings. The number of aliphatic hydroxyl groups is 1. The van der Waals surface area contributed by atoms with Crippen LogP contribution in [0.2, 0.25) is 0 Å². The van der Waals surface area contributed by atoms with E-state index in [2.05, 4.69) is 41.3 Å². The Balaban J connectivity index is 0.000000216. The van der Waals surface area contributed by atoms with Crippen molar-refractivity contribution in [2.24, 2.45) is 11.5 Å². The maximum Gasteiger partial charge on any atom is 0.356 e. The van der Waals surface area contributed by atoms with E-state index < -0.39 is 27.3 Å². The number of hydrogen-bond acceptors (Lipinski definition) is 10. The summed E-state index contributed by atoms with van der Waals surface area (Å²) in [5, 5.41) is 20.5.